The van der Waals surface area contributed by atoms with Gasteiger partial charge >= 0.3 is 12.1 Å². The van der Waals surface area contributed by atoms with Gasteiger partial charge in [-0.3, -0.25) is 0 Å². The van der Waals surface area contributed by atoms with Crippen LogP contribution in [-0.4, -0.2) is 30.8 Å². The van der Waals surface area contributed by atoms with E-state index in [4.69, 9.17) is 4.74 Å². The first-order valence-corrected chi connectivity index (χ1v) is 6.53. The van der Waals surface area contributed by atoms with Crippen LogP contribution in [0.3, 0.4) is 0 Å². The van der Waals surface area contributed by atoms with E-state index in [9.17, 15) is 14.0 Å². The van der Waals surface area contributed by atoms with Crippen LogP contribution in [-0.2, 0) is 20.7 Å². The molecule has 1 amide bonds. The minimum Gasteiger partial charge on any atom is -0.467 e. The van der Waals surface area contributed by atoms with E-state index in [1.807, 2.05) is 0 Å². The van der Waals surface area contributed by atoms with Crippen molar-refractivity contribution in [3.63, 3.8) is 0 Å². The van der Waals surface area contributed by atoms with E-state index in [1.54, 1.807) is 32.9 Å². The van der Waals surface area contributed by atoms with Crippen molar-refractivity contribution in [3.8, 4) is 0 Å². The van der Waals surface area contributed by atoms with Gasteiger partial charge in [0, 0.05) is 6.42 Å². The van der Waals surface area contributed by atoms with Gasteiger partial charge in [-0.05, 0) is 38.5 Å². The third-order valence-corrected chi connectivity index (χ3v) is 2.53. The highest BCUT2D eigenvalue weighted by Gasteiger charge is 2.25. The summed E-state index contributed by atoms with van der Waals surface area (Å²) < 4.78 is 22.6. The normalized spacial score (nSPS) is 12.4. The lowest BCUT2D eigenvalue weighted by molar-refractivity contribution is -0.143. The molecule has 1 N–H and O–H groups in total. The van der Waals surface area contributed by atoms with Crippen molar-refractivity contribution >= 4 is 12.1 Å². The number of amides is 1. The van der Waals surface area contributed by atoms with Gasteiger partial charge in [-0.15, -0.1) is 0 Å². The van der Waals surface area contributed by atoms with Crippen molar-refractivity contribution in [3.05, 3.63) is 35.6 Å². The van der Waals surface area contributed by atoms with E-state index in [2.05, 4.69) is 10.1 Å². The lowest BCUT2D eigenvalue weighted by atomic mass is 10.1. The van der Waals surface area contributed by atoms with E-state index in [1.165, 1.54) is 19.2 Å². The van der Waals surface area contributed by atoms with Crippen LogP contribution < -0.4 is 5.32 Å². The number of halogens is 1. The molecular weight excluding hydrogens is 277 g/mol. The summed E-state index contributed by atoms with van der Waals surface area (Å²) in [7, 11) is 1.23. The van der Waals surface area contributed by atoms with Gasteiger partial charge in [0.05, 0.1) is 7.11 Å². The Labute approximate surface area is 123 Å². The fourth-order valence-electron chi connectivity index (χ4n) is 1.64. The molecule has 1 aromatic carbocycles. The SMILES string of the molecule is COC(=O)[C@@H](Cc1ccc(F)cc1)NC(=O)OC(C)(C)C. The molecule has 0 heterocycles. The van der Waals surface area contributed by atoms with Crippen LogP contribution in [0.2, 0.25) is 0 Å². The molecule has 0 spiro atoms. The molecule has 0 saturated carbocycles. The molecule has 0 aliphatic heterocycles. The number of rotatable bonds is 4. The minimum absolute atomic E-state index is 0.187. The Morgan fingerprint density at radius 3 is 2.29 bits per heavy atom. The molecule has 5 nitrogen and oxygen atoms in total. The maximum Gasteiger partial charge on any atom is 0.408 e. The van der Waals surface area contributed by atoms with Crippen LogP contribution in [0, 0.1) is 5.82 Å². The standard InChI is InChI=1S/C15H20FNO4/c1-15(2,3)21-14(19)17-12(13(18)20-4)9-10-5-7-11(16)8-6-10/h5-8,12H,9H2,1-4H3,(H,17,19)/t12-/m1/s1. The number of esters is 1. The molecule has 1 aromatic rings. The number of alkyl carbamates (subject to hydrolysis) is 1. The molecule has 6 heteroatoms. The highest BCUT2D eigenvalue weighted by molar-refractivity contribution is 5.81. The molecule has 21 heavy (non-hydrogen) atoms. The topological polar surface area (TPSA) is 64.6 Å². The first-order valence-electron chi connectivity index (χ1n) is 6.53. The van der Waals surface area contributed by atoms with Crippen molar-refractivity contribution in [2.45, 2.75) is 38.8 Å². The first-order chi connectivity index (χ1) is 9.71. The molecule has 0 aliphatic carbocycles. The second-order valence-electron chi connectivity index (χ2n) is 5.55. The lowest BCUT2D eigenvalue weighted by Gasteiger charge is -2.22. The molecule has 1 rings (SSSR count). The third-order valence-electron chi connectivity index (χ3n) is 2.53. The van der Waals surface area contributed by atoms with Gasteiger partial charge < -0.3 is 14.8 Å². The summed E-state index contributed by atoms with van der Waals surface area (Å²) in [4.78, 5) is 23.5. The summed E-state index contributed by atoms with van der Waals surface area (Å²) in [5.74, 6) is -0.960. The van der Waals surface area contributed by atoms with E-state index in [-0.39, 0.29) is 12.2 Å². The van der Waals surface area contributed by atoms with Crippen LogP contribution in [0.4, 0.5) is 9.18 Å². The molecule has 0 unspecified atom stereocenters. The minimum atomic E-state index is -0.893. The fraction of sp³-hybridized carbons (Fsp3) is 0.467. The van der Waals surface area contributed by atoms with E-state index < -0.39 is 23.7 Å². The van der Waals surface area contributed by atoms with Crippen molar-refractivity contribution < 1.29 is 23.5 Å². The van der Waals surface area contributed by atoms with Gasteiger partial charge in [-0.1, -0.05) is 12.1 Å². The van der Waals surface area contributed by atoms with E-state index in [0.29, 0.717) is 5.56 Å². The van der Waals surface area contributed by atoms with Crippen LogP contribution >= 0.6 is 0 Å². The molecule has 0 bridgehead atoms. The molecule has 116 valence electrons. The van der Waals surface area contributed by atoms with Gasteiger partial charge in [-0.2, -0.15) is 0 Å². The zero-order valence-electron chi connectivity index (χ0n) is 12.6. The van der Waals surface area contributed by atoms with Crippen molar-refractivity contribution in [1.29, 1.82) is 0 Å². The Kier molecular flexibility index (Phi) is 5.69. The summed E-state index contributed by atoms with van der Waals surface area (Å²) in [5.41, 5.74) is 0.0310. The largest absolute Gasteiger partial charge is 0.467 e. The van der Waals surface area contributed by atoms with Crippen LogP contribution in [0.1, 0.15) is 26.3 Å². The van der Waals surface area contributed by atoms with Crippen LogP contribution in [0.5, 0.6) is 0 Å². The second-order valence-corrected chi connectivity index (χ2v) is 5.55. The number of hydrogen-bond donors (Lipinski definition) is 1. The van der Waals surface area contributed by atoms with E-state index >= 15 is 0 Å². The van der Waals surface area contributed by atoms with Crippen LogP contribution in [0.25, 0.3) is 0 Å². The van der Waals surface area contributed by atoms with Crippen molar-refractivity contribution in [1.82, 2.24) is 5.32 Å². The highest BCUT2D eigenvalue weighted by atomic mass is 19.1. The van der Waals surface area contributed by atoms with Gasteiger partial charge in [0.25, 0.3) is 0 Å². The third kappa shape index (κ3) is 6.25. The number of benzene rings is 1. The van der Waals surface area contributed by atoms with Crippen molar-refractivity contribution in [2.75, 3.05) is 7.11 Å². The quantitative estimate of drug-likeness (QED) is 0.867. The van der Waals surface area contributed by atoms with Crippen LogP contribution in [0.15, 0.2) is 24.3 Å². The number of nitrogens with one attached hydrogen (secondary N) is 1. The van der Waals surface area contributed by atoms with Gasteiger partial charge in [0.1, 0.15) is 17.5 Å². The lowest BCUT2D eigenvalue weighted by Crippen LogP contribution is -2.45. The van der Waals surface area contributed by atoms with Gasteiger partial charge in [0.2, 0.25) is 0 Å². The highest BCUT2D eigenvalue weighted by Crippen LogP contribution is 2.10. The van der Waals surface area contributed by atoms with Gasteiger partial charge in [-0.25, -0.2) is 14.0 Å². The average molecular weight is 297 g/mol. The Hall–Kier alpha value is -2.11. The predicted molar refractivity (Wildman–Crippen MR) is 75.3 cm³/mol. The molecular formula is C15H20FNO4. The Morgan fingerprint density at radius 1 is 1.24 bits per heavy atom. The number of hydrogen-bond acceptors (Lipinski definition) is 4. The summed E-state index contributed by atoms with van der Waals surface area (Å²) in [5, 5.41) is 2.46. The maximum atomic E-state index is 12.9. The number of ether oxygens (including phenoxy) is 2. The summed E-state index contributed by atoms with van der Waals surface area (Å²) >= 11 is 0. The Morgan fingerprint density at radius 2 is 1.81 bits per heavy atom. The monoisotopic (exact) mass is 297 g/mol. The molecule has 0 radical (unpaired) electrons. The van der Waals surface area contributed by atoms with E-state index in [0.717, 1.165) is 0 Å². The molecule has 1 atom stereocenters. The predicted octanol–water partition coefficient (Wildman–Crippen LogP) is 2.43. The number of carbonyl (C=O) groups excluding carboxylic acids is 2. The maximum absolute atomic E-state index is 12.9. The second kappa shape index (κ2) is 7.06. The first kappa shape index (κ1) is 16.9. The smallest absolute Gasteiger partial charge is 0.408 e. The van der Waals surface area contributed by atoms with Crippen molar-refractivity contribution in [2.24, 2.45) is 0 Å². The molecule has 0 fully saturated rings. The number of carbonyl (C=O) groups is 2. The zero-order valence-corrected chi connectivity index (χ0v) is 12.6. The molecule has 0 aliphatic rings. The summed E-state index contributed by atoms with van der Waals surface area (Å²) in [6.45, 7) is 5.17. The fourth-order valence-corrected chi connectivity index (χ4v) is 1.64. The Balaban J connectivity index is 2.74. The summed E-state index contributed by atoms with van der Waals surface area (Å²) in [6, 6.07) is 4.77. The van der Waals surface area contributed by atoms with Gasteiger partial charge in [0.15, 0.2) is 0 Å². The molecule has 0 aromatic heterocycles. The Bertz CT molecular complexity index is 493. The zero-order chi connectivity index (χ0) is 16.0. The number of methoxy groups -OCH3 is 1. The average Bonchev–Trinajstić information content (AvgIpc) is 2.37. The molecule has 0 saturated heterocycles. The summed E-state index contributed by atoms with van der Waals surface area (Å²) in [6.07, 6.45) is -0.522.